The average molecular weight is 368 g/mol. The summed E-state index contributed by atoms with van der Waals surface area (Å²) in [6.45, 7) is 6.01. The maximum atomic E-state index is 13.0. The lowest BCUT2D eigenvalue weighted by atomic mass is 9.81. The molecule has 2 rings (SSSR count). The molecule has 0 aliphatic carbocycles. The number of nitrogens with zero attached hydrogens (tertiary/aromatic N) is 2. The Hall–Kier alpha value is -1.44. The van der Waals surface area contributed by atoms with E-state index in [1.807, 2.05) is 13.8 Å². The number of nitrogens with two attached hydrogens (primary N) is 1. The number of carbonyl (C=O) groups is 1. The third-order valence-electron chi connectivity index (χ3n) is 5.32. The lowest BCUT2D eigenvalue weighted by Crippen LogP contribution is -2.48. The Morgan fingerprint density at radius 3 is 2.28 bits per heavy atom. The number of benzene rings is 1. The highest BCUT2D eigenvalue weighted by Crippen LogP contribution is 2.28. The second kappa shape index (κ2) is 8.29. The Morgan fingerprint density at radius 1 is 1.08 bits per heavy atom. The van der Waals surface area contributed by atoms with E-state index in [0.29, 0.717) is 56.9 Å². The quantitative estimate of drug-likeness (QED) is 0.829. The van der Waals surface area contributed by atoms with Gasteiger partial charge < -0.3 is 10.6 Å². The van der Waals surface area contributed by atoms with E-state index in [1.165, 1.54) is 4.31 Å². The minimum absolute atomic E-state index is 0.0546. The zero-order valence-electron chi connectivity index (χ0n) is 15.1. The predicted octanol–water partition coefficient (Wildman–Crippen LogP) is 1.67. The summed E-state index contributed by atoms with van der Waals surface area (Å²) >= 11 is 0. The summed E-state index contributed by atoms with van der Waals surface area (Å²) in [4.78, 5) is 15.1. The fourth-order valence-electron chi connectivity index (χ4n) is 3.34. The number of amides is 1. The summed E-state index contributed by atoms with van der Waals surface area (Å²) < 4.78 is 27.1. The summed E-state index contributed by atoms with van der Waals surface area (Å²) in [6, 6.07) is 8.45. The summed E-state index contributed by atoms with van der Waals surface area (Å²) in [6.07, 6.45) is 2.02. The van der Waals surface area contributed by atoms with E-state index in [9.17, 15) is 13.2 Å². The standard InChI is InChI=1S/C18H29N3O3S/c1-3-18(4-2,15-19)17(22)20-11-8-12-21(14-13-20)25(23,24)16-9-6-5-7-10-16/h5-7,9-10H,3-4,8,11-15,19H2,1-2H3. The van der Waals surface area contributed by atoms with Crippen molar-refractivity contribution in [3.63, 3.8) is 0 Å². The van der Waals surface area contributed by atoms with E-state index in [-0.39, 0.29) is 5.91 Å². The summed E-state index contributed by atoms with van der Waals surface area (Å²) in [5.41, 5.74) is 5.36. The molecule has 1 heterocycles. The van der Waals surface area contributed by atoms with Crippen LogP contribution in [0.4, 0.5) is 0 Å². The molecule has 0 bridgehead atoms. The van der Waals surface area contributed by atoms with Crippen LogP contribution in [0.15, 0.2) is 35.2 Å². The second-order valence-corrected chi connectivity index (χ2v) is 8.49. The first-order chi connectivity index (χ1) is 11.9. The van der Waals surface area contributed by atoms with Gasteiger partial charge in [-0.3, -0.25) is 4.79 Å². The lowest BCUT2D eigenvalue weighted by Gasteiger charge is -2.34. The van der Waals surface area contributed by atoms with Gasteiger partial charge in [-0.25, -0.2) is 8.42 Å². The molecule has 0 radical (unpaired) electrons. The van der Waals surface area contributed by atoms with Crippen molar-refractivity contribution in [2.75, 3.05) is 32.7 Å². The first kappa shape index (κ1) is 19.9. The van der Waals surface area contributed by atoms with Gasteiger partial charge in [-0.15, -0.1) is 0 Å². The van der Waals surface area contributed by atoms with E-state index in [4.69, 9.17) is 5.73 Å². The van der Waals surface area contributed by atoms with Gasteiger partial charge in [0.1, 0.15) is 0 Å². The first-order valence-corrected chi connectivity index (χ1v) is 10.4. The minimum Gasteiger partial charge on any atom is -0.341 e. The molecule has 1 aromatic rings. The van der Waals surface area contributed by atoms with Crippen LogP contribution in [0, 0.1) is 5.41 Å². The molecule has 0 atom stereocenters. The average Bonchev–Trinajstić information content (AvgIpc) is 2.91. The van der Waals surface area contributed by atoms with E-state index in [1.54, 1.807) is 35.2 Å². The molecule has 1 fully saturated rings. The molecular weight excluding hydrogens is 338 g/mol. The molecule has 140 valence electrons. The molecule has 1 aromatic carbocycles. The van der Waals surface area contributed by atoms with Gasteiger partial charge in [-0.05, 0) is 31.4 Å². The Labute approximate surface area is 151 Å². The molecular formula is C18H29N3O3S. The van der Waals surface area contributed by atoms with Gasteiger partial charge in [-0.1, -0.05) is 32.0 Å². The fourth-order valence-corrected chi connectivity index (χ4v) is 4.83. The first-order valence-electron chi connectivity index (χ1n) is 8.96. The van der Waals surface area contributed by atoms with Crippen LogP contribution in [0.1, 0.15) is 33.1 Å². The van der Waals surface area contributed by atoms with E-state index >= 15 is 0 Å². The van der Waals surface area contributed by atoms with Gasteiger partial charge in [-0.2, -0.15) is 4.31 Å². The molecule has 1 aliphatic heterocycles. The summed E-state index contributed by atoms with van der Waals surface area (Å²) in [7, 11) is -3.52. The highest BCUT2D eigenvalue weighted by atomic mass is 32.2. The zero-order valence-corrected chi connectivity index (χ0v) is 16.0. The Kier molecular flexibility index (Phi) is 6.59. The molecule has 0 unspecified atom stereocenters. The van der Waals surface area contributed by atoms with Gasteiger partial charge in [0, 0.05) is 32.7 Å². The van der Waals surface area contributed by atoms with Crippen LogP contribution < -0.4 is 5.73 Å². The van der Waals surface area contributed by atoms with Gasteiger partial charge in [0.2, 0.25) is 15.9 Å². The largest absolute Gasteiger partial charge is 0.341 e. The number of rotatable bonds is 6. The van der Waals surface area contributed by atoms with Gasteiger partial charge in [0.25, 0.3) is 0 Å². The molecule has 2 N–H and O–H groups in total. The Morgan fingerprint density at radius 2 is 1.72 bits per heavy atom. The van der Waals surface area contributed by atoms with Crippen molar-refractivity contribution in [1.29, 1.82) is 0 Å². The highest BCUT2D eigenvalue weighted by Gasteiger charge is 2.38. The molecule has 25 heavy (non-hydrogen) atoms. The number of carbonyl (C=O) groups excluding carboxylic acids is 1. The van der Waals surface area contributed by atoms with Crippen LogP contribution in [0.3, 0.4) is 0 Å². The number of sulfonamides is 1. The van der Waals surface area contributed by atoms with Crippen LogP contribution in [0.2, 0.25) is 0 Å². The third kappa shape index (κ3) is 4.04. The zero-order chi connectivity index (χ0) is 18.5. The smallest absolute Gasteiger partial charge is 0.243 e. The van der Waals surface area contributed by atoms with Crippen molar-refractivity contribution >= 4 is 15.9 Å². The topological polar surface area (TPSA) is 83.7 Å². The molecule has 0 aromatic heterocycles. The lowest BCUT2D eigenvalue weighted by molar-refractivity contribution is -0.142. The normalized spacial score (nSPS) is 17.3. The summed E-state index contributed by atoms with van der Waals surface area (Å²) in [5, 5.41) is 0. The second-order valence-electron chi connectivity index (χ2n) is 6.55. The van der Waals surface area contributed by atoms with Crippen molar-refractivity contribution in [2.24, 2.45) is 11.1 Å². The number of hydrogen-bond acceptors (Lipinski definition) is 4. The van der Waals surface area contributed by atoms with Crippen molar-refractivity contribution < 1.29 is 13.2 Å². The van der Waals surface area contributed by atoms with Crippen LogP contribution in [-0.4, -0.2) is 56.3 Å². The summed E-state index contributed by atoms with van der Waals surface area (Å²) in [5.74, 6) is 0.0546. The minimum atomic E-state index is -3.52. The van der Waals surface area contributed by atoms with E-state index in [2.05, 4.69) is 0 Å². The van der Waals surface area contributed by atoms with Crippen molar-refractivity contribution in [2.45, 2.75) is 38.0 Å². The highest BCUT2D eigenvalue weighted by molar-refractivity contribution is 7.89. The van der Waals surface area contributed by atoms with Crippen LogP contribution >= 0.6 is 0 Å². The molecule has 6 nitrogen and oxygen atoms in total. The van der Waals surface area contributed by atoms with Crippen LogP contribution in [0.25, 0.3) is 0 Å². The molecule has 0 spiro atoms. The van der Waals surface area contributed by atoms with Gasteiger partial charge in [0.05, 0.1) is 10.3 Å². The molecule has 0 saturated carbocycles. The van der Waals surface area contributed by atoms with Crippen molar-refractivity contribution in [1.82, 2.24) is 9.21 Å². The maximum absolute atomic E-state index is 13.0. The molecule has 1 saturated heterocycles. The maximum Gasteiger partial charge on any atom is 0.243 e. The van der Waals surface area contributed by atoms with Crippen LogP contribution in [0.5, 0.6) is 0 Å². The molecule has 1 amide bonds. The van der Waals surface area contributed by atoms with Crippen molar-refractivity contribution in [3.05, 3.63) is 30.3 Å². The fraction of sp³-hybridized carbons (Fsp3) is 0.611. The molecule has 7 heteroatoms. The third-order valence-corrected chi connectivity index (χ3v) is 7.23. The monoisotopic (exact) mass is 367 g/mol. The predicted molar refractivity (Wildman–Crippen MR) is 98.5 cm³/mol. The van der Waals surface area contributed by atoms with E-state index in [0.717, 1.165) is 0 Å². The molecule has 1 aliphatic rings. The number of hydrogen-bond donors (Lipinski definition) is 1. The van der Waals surface area contributed by atoms with Crippen molar-refractivity contribution in [3.8, 4) is 0 Å². The van der Waals surface area contributed by atoms with Gasteiger partial charge >= 0.3 is 0 Å². The van der Waals surface area contributed by atoms with Gasteiger partial charge in [0.15, 0.2) is 0 Å². The Bertz CT molecular complexity index is 664. The Balaban J connectivity index is 2.14. The van der Waals surface area contributed by atoms with E-state index < -0.39 is 15.4 Å². The SMILES string of the molecule is CCC(CC)(CN)C(=O)N1CCCN(S(=O)(=O)c2ccccc2)CC1. The van der Waals surface area contributed by atoms with Crippen LogP contribution in [-0.2, 0) is 14.8 Å².